The van der Waals surface area contributed by atoms with E-state index in [4.69, 9.17) is 23.2 Å². The Morgan fingerprint density at radius 3 is 2.63 bits per heavy atom. The van der Waals surface area contributed by atoms with Crippen LogP contribution in [-0.4, -0.2) is 6.54 Å². The molecule has 0 saturated heterocycles. The fourth-order valence-electron chi connectivity index (χ4n) is 1.85. The first kappa shape index (κ1) is 15.3. The van der Waals surface area contributed by atoms with Gasteiger partial charge in [0.1, 0.15) is 0 Å². The van der Waals surface area contributed by atoms with Gasteiger partial charge in [-0.1, -0.05) is 36.2 Å². The van der Waals surface area contributed by atoms with Gasteiger partial charge in [0.15, 0.2) is 0 Å². The topological polar surface area (TPSA) is 12.0 Å². The Morgan fingerprint density at radius 2 is 2.05 bits per heavy atom. The lowest BCUT2D eigenvalue weighted by Crippen LogP contribution is -2.22. The van der Waals surface area contributed by atoms with E-state index in [0.29, 0.717) is 5.02 Å². The molecule has 0 radical (unpaired) electrons. The van der Waals surface area contributed by atoms with E-state index in [0.717, 1.165) is 32.9 Å². The molecule has 1 aromatic heterocycles. The van der Waals surface area contributed by atoms with Crippen LogP contribution in [0.5, 0.6) is 0 Å². The first-order valence-corrected chi connectivity index (χ1v) is 8.47. The fourth-order valence-corrected chi connectivity index (χ4v) is 3.56. The summed E-state index contributed by atoms with van der Waals surface area (Å²) in [6.45, 7) is 3.08. The van der Waals surface area contributed by atoms with Crippen LogP contribution in [0.15, 0.2) is 34.1 Å². The molecule has 0 aliphatic rings. The molecule has 0 saturated carbocycles. The molecule has 1 atom stereocenters. The van der Waals surface area contributed by atoms with E-state index in [-0.39, 0.29) is 6.04 Å². The van der Waals surface area contributed by atoms with Gasteiger partial charge < -0.3 is 5.32 Å². The van der Waals surface area contributed by atoms with E-state index >= 15 is 0 Å². The summed E-state index contributed by atoms with van der Waals surface area (Å²) in [6.07, 6.45) is 1.07. The van der Waals surface area contributed by atoms with Crippen LogP contribution in [0.2, 0.25) is 10.0 Å². The maximum Gasteiger partial charge on any atom is 0.0686 e. The normalized spacial score (nSPS) is 12.6. The molecular weight excluding hydrogens is 365 g/mol. The lowest BCUT2D eigenvalue weighted by atomic mass is 10.1. The molecule has 1 heterocycles. The Balaban J connectivity index is 2.37. The number of hydrogen-bond donors (Lipinski definition) is 1. The maximum absolute atomic E-state index is 6.26. The lowest BCUT2D eigenvalue weighted by Gasteiger charge is -2.19. The minimum Gasteiger partial charge on any atom is -0.306 e. The van der Waals surface area contributed by atoms with Crippen molar-refractivity contribution in [1.29, 1.82) is 0 Å². The standard InChI is InChI=1S/C14H14BrCl2NS/c1-2-6-18-13(14-11(16)5-7-19-14)9-3-4-10(15)12(17)8-9/h3-5,7-8,13,18H,2,6H2,1H3. The van der Waals surface area contributed by atoms with Crippen LogP contribution in [-0.2, 0) is 0 Å². The Hall–Kier alpha value is -0.0600. The van der Waals surface area contributed by atoms with E-state index in [1.165, 1.54) is 0 Å². The second-order valence-corrected chi connectivity index (χ2v) is 6.81. The molecule has 1 N–H and O–H groups in total. The summed E-state index contributed by atoms with van der Waals surface area (Å²) < 4.78 is 0.907. The Kier molecular flexibility index (Phi) is 5.72. The fraction of sp³-hybridized carbons (Fsp3) is 0.286. The summed E-state index contributed by atoms with van der Waals surface area (Å²) in [7, 11) is 0. The van der Waals surface area contributed by atoms with Gasteiger partial charge in [0.25, 0.3) is 0 Å². The summed E-state index contributed by atoms with van der Waals surface area (Å²) >= 11 is 17.5. The van der Waals surface area contributed by atoms with Gasteiger partial charge in [-0.05, 0) is 58.0 Å². The zero-order valence-electron chi connectivity index (χ0n) is 10.4. The van der Waals surface area contributed by atoms with E-state index in [9.17, 15) is 0 Å². The third-order valence-electron chi connectivity index (χ3n) is 2.78. The van der Waals surface area contributed by atoms with Gasteiger partial charge in [0.05, 0.1) is 16.1 Å². The monoisotopic (exact) mass is 377 g/mol. The minimum absolute atomic E-state index is 0.0954. The highest BCUT2D eigenvalue weighted by molar-refractivity contribution is 9.10. The Bertz CT molecular complexity index is 556. The molecular formula is C14H14BrCl2NS. The lowest BCUT2D eigenvalue weighted by molar-refractivity contribution is 0.606. The molecule has 0 spiro atoms. The van der Waals surface area contributed by atoms with E-state index in [1.807, 2.05) is 23.6 Å². The zero-order valence-corrected chi connectivity index (χ0v) is 14.3. The van der Waals surface area contributed by atoms with Crippen LogP contribution in [0, 0.1) is 0 Å². The molecule has 1 unspecified atom stereocenters. The highest BCUT2D eigenvalue weighted by Gasteiger charge is 2.18. The van der Waals surface area contributed by atoms with Crippen LogP contribution in [0.3, 0.4) is 0 Å². The molecule has 0 aliphatic heterocycles. The molecule has 0 amide bonds. The zero-order chi connectivity index (χ0) is 13.8. The van der Waals surface area contributed by atoms with Crippen molar-refractivity contribution in [2.24, 2.45) is 0 Å². The van der Waals surface area contributed by atoms with Gasteiger partial charge in [-0.25, -0.2) is 0 Å². The summed E-state index contributed by atoms with van der Waals surface area (Å²) in [5, 5.41) is 7.06. The largest absolute Gasteiger partial charge is 0.306 e. The number of thiophene rings is 1. The number of nitrogens with one attached hydrogen (secondary N) is 1. The van der Waals surface area contributed by atoms with Crippen molar-refractivity contribution in [3.05, 3.63) is 54.6 Å². The summed E-state index contributed by atoms with van der Waals surface area (Å²) in [6, 6.07) is 8.05. The molecule has 5 heteroatoms. The van der Waals surface area contributed by atoms with Crippen molar-refractivity contribution in [2.75, 3.05) is 6.54 Å². The second kappa shape index (κ2) is 7.09. The highest BCUT2D eigenvalue weighted by atomic mass is 79.9. The highest BCUT2D eigenvalue weighted by Crippen LogP contribution is 2.35. The van der Waals surface area contributed by atoms with Gasteiger partial charge in [0, 0.05) is 9.35 Å². The number of hydrogen-bond acceptors (Lipinski definition) is 2. The van der Waals surface area contributed by atoms with Crippen LogP contribution >= 0.6 is 50.5 Å². The van der Waals surface area contributed by atoms with Crippen LogP contribution in [0.25, 0.3) is 0 Å². The Labute approximate surface area is 136 Å². The Morgan fingerprint density at radius 1 is 1.26 bits per heavy atom. The van der Waals surface area contributed by atoms with Gasteiger partial charge in [0.2, 0.25) is 0 Å². The van der Waals surface area contributed by atoms with Crippen molar-refractivity contribution < 1.29 is 0 Å². The predicted molar refractivity (Wildman–Crippen MR) is 88.6 cm³/mol. The first-order valence-electron chi connectivity index (χ1n) is 6.04. The number of benzene rings is 1. The van der Waals surface area contributed by atoms with Gasteiger partial charge in [-0.3, -0.25) is 0 Å². The smallest absolute Gasteiger partial charge is 0.0686 e. The molecule has 1 nitrogen and oxygen atoms in total. The van der Waals surface area contributed by atoms with E-state index in [2.05, 4.69) is 34.2 Å². The average molecular weight is 379 g/mol. The summed E-state index contributed by atoms with van der Waals surface area (Å²) in [4.78, 5) is 1.13. The third kappa shape index (κ3) is 3.73. The minimum atomic E-state index is 0.0954. The van der Waals surface area contributed by atoms with Gasteiger partial charge in [-0.15, -0.1) is 11.3 Å². The van der Waals surface area contributed by atoms with Gasteiger partial charge >= 0.3 is 0 Å². The predicted octanol–water partition coefficient (Wildman–Crippen LogP) is 5.91. The van der Waals surface area contributed by atoms with Crippen molar-refractivity contribution >= 4 is 50.5 Å². The van der Waals surface area contributed by atoms with Crippen molar-refractivity contribution in [2.45, 2.75) is 19.4 Å². The van der Waals surface area contributed by atoms with Crippen molar-refractivity contribution in [3.8, 4) is 0 Å². The molecule has 19 heavy (non-hydrogen) atoms. The second-order valence-electron chi connectivity index (χ2n) is 4.19. The third-order valence-corrected chi connectivity index (χ3v) is 5.44. The molecule has 0 fully saturated rings. The van der Waals surface area contributed by atoms with Crippen molar-refractivity contribution in [1.82, 2.24) is 5.32 Å². The first-order chi connectivity index (χ1) is 9.13. The quantitative estimate of drug-likeness (QED) is 0.682. The molecule has 2 rings (SSSR count). The van der Waals surface area contributed by atoms with Crippen LogP contribution in [0.4, 0.5) is 0 Å². The average Bonchev–Trinajstić information content (AvgIpc) is 2.80. The molecule has 0 aliphatic carbocycles. The van der Waals surface area contributed by atoms with E-state index < -0.39 is 0 Å². The molecule has 1 aromatic carbocycles. The summed E-state index contributed by atoms with van der Waals surface area (Å²) in [5.41, 5.74) is 1.13. The number of halogens is 3. The van der Waals surface area contributed by atoms with Gasteiger partial charge in [-0.2, -0.15) is 0 Å². The van der Waals surface area contributed by atoms with Crippen molar-refractivity contribution in [3.63, 3.8) is 0 Å². The number of rotatable bonds is 5. The molecule has 2 aromatic rings. The van der Waals surface area contributed by atoms with E-state index in [1.54, 1.807) is 11.3 Å². The molecule has 0 bridgehead atoms. The maximum atomic E-state index is 6.26. The van der Waals surface area contributed by atoms with Crippen LogP contribution < -0.4 is 5.32 Å². The molecule has 102 valence electrons. The SMILES string of the molecule is CCCNC(c1ccc(Br)c(Cl)c1)c1sccc1Cl. The van der Waals surface area contributed by atoms with Crippen LogP contribution in [0.1, 0.15) is 29.8 Å². The summed E-state index contributed by atoms with van der Waals surface area (Å²) in [5.74, 6) is 0.